The van der Waals surface area contributed by atoms with Crippen molar-refractivity contribution in [1.82, 2.24) is 15.1 Å². The first-order chi connectivity index (χ1) is 12.4. The molecule has 2 fully saturated rings. The van der Waals surface area contributed by atoms with E-state index in [-0.39, 0.29) is 42.7 Å². The molecule has 2 N–H and O–H groups in total. The van der Waals surface area contributed by atoms with E-state index in [1.165, 1.54) is 25.7 Å². The minimum atomic E-state index is -0.236. The smallest absolute Gasteiger partial charge is 0.223 e. The fraction of sp³-hybridized carbons (Fsp3) is 0.900. The van der Waals surface area contributed by atoms with Gasteiger partial charge in [-0.1, -0.05) is 25.7 Å². The maximum absolute atomic E-state index is 12.6. The minimum Gasteiger partial charge on any atom is -0.396 e. The van der Waals surface area contributed by atoms with Crippen LogP contribution < -0.4 is 5.32 Å². The Hall–Kier alpha value is -1.14. The van der Waals surface area contributed by atoms with Crippen molar-refractivity contribution in [3.05, 3.63) is 0 Å². The second-order valence-corrected chi connectivity index (χ2v) is 8.57. The van der Waals surface area contributed by atoms with Gasteiger partial charge in [0, 0.05) is 43.9 Å². The first-order valence-electron chi connectivity index (χ1n) is 10.3. The molecular formula is C20H37N3O3. The molecule has 1 atom stereocenters. The number of aliphatic hydroxyl groups is 1. The Labute approximate surface area is 158 Å². The third kappa shape index (κ3) is 6.54. The van der Waals surface area contributed by atoms with Crippen LogP contribution in [0.1, 0.15) is 64.2 Å². The van der Waals surface area contributed by atoms with Crippen molar-refractivity contribution < 1.29 is 14.7 Å². The highest BCUT2D eigenvalue weighted by molar-refractivity contribution is 5.84. The Kier molecular flexibility index (Phi) is 8.35. The van der Waals surface area contributed by atoms with Gasteiger partial charge in [0.25, 0.3) is 0 Å². The fourth-order valence-electron chi connectivity index (χ4n) is 4.50. The lowest BCUT2D eigenvalue weighted by Crippen LogP contribution is -2.52. The van der Waals surface area contributed by atoms with Crippen molar-refractivity contribution >= 4 is 11.8 Å². The SMILES string of the molecule is CN(C)CC1(CO)CCCN(C(=O)CCC(=O)NC2CCCCCC2)C1. The molecule has 2 amide bonds. The summed E-state index contributed by atoms with van der Waals surface area (Å²) < 4.78 is 0. The molecule has 0 aromatic carbocycles. The molecule has 0 aromatic rings. The van der Waals surface area contributed by atoms with Crippen LogP contribution in [0, 0.1) is 5.41 Å². The van der Waals surface area contributed by atoms with Gasteiger partial charge in [0.05, 0.1) is 6.61 Å². The molecule has 1 saturated heterocycles. The van der Waals surface area contributed by atoms with Crippen LogP contribution in [0.5, 0.6) is 0 Å². The lowest BCUT2D eigenvalue weighted by Gasteiger charge is -2.43. The quantitative estimate of drug-likeness (QED) is 0.673. The summed E-state index contributed by atoms with van der Waals surface area (Å²) in [6.45, 7) is 2.19. The topological polar surface area (TPSA) is 72.9 Å². The summed E-state index contributed by atoms with van der Waals surface area (Å²) in [4.78, 5) is 28.7. The number of hydrogen-bond acceptors (Lipinski definition) is 4. The third-order valence-corrected chi connectivity index (χ3v) is 5.79. The average Bonchev–Trinajstić information content (AvgIpc) is 2.88. The molecule has 1 heterocycles. The van der Waals surface area contributed by atoms with E-state index in [1.54, 1.807) is 0 Å². The lowest BCUT2D eigenvalue weighted by molar-refractivity contribution is -0.137. The standard InChI is InChI=1S/C20H37N3O3/c1-22(2)14-20(16-24)12-7-13-23(15-20)19(26)11-10-18(25)21-17-8-5-3-4-6-9-17/h17,24H,3-16H2,1-2H3,(H,21,25). The van der Waals surface area contributed by atoms with Crippen LogP contribution in [0.3, 0.4) is 0 Å². The number of rotatable bonds is 7. The monoisotopic (exact) mass is 367 g/mol. The van der Waals surface area contributed by atoms with E-state index in [2.05, 4.69) is 10.2 Å². The van der Waals surface area contributed by atoms with E-state index >= 15 is 0 Å². The van der Waals surface area contributed by atoms with Crippen molar-refractivity contribution in [2.24, 2.45) is 5.41 Å². The maximum Gasteiger partial charge on any atom is 0.223 e. The van der Waals surface area contributed by atoms with Crippen LogP contribution in [-0.2, 0) is 9.59 Å². The number of hydrogen-bond donors (Lipinski definition) is 2. The molecule has 2 aliphatic rings. The van der Waals surface area contributed by atoms with Gasteiger partial charge in [0.15, 0.2) is 0 Å². The summed E-state index contributed by atoms with van der Waals surface area (Å²) >= 11 is 0. The van der Waals surface area contributed by atoms with Gasteiger partial charge in [0.1, 0.15) is 0 Å². The second-order valence-electron chi connectivity index (χ2n) is 8.57. The maximum atomic E-state index is 12.6. The first kappa shape index (κ1) is 21.2. The number of nitrogens with one attached hydrogen (secondary N) is 1. The Balaban J connectivity index is 1.78. The molecule has 6 heteroatoms. The summed E-state index contributed by atoms with van der Waals surface area (Å²) in [6.07, 6.45) is 9.42. The van der Waals surface area contributed by atoms with E-state index in [0.29, 0.717) is 6.54 Å². The van der Waals surface area contributed by atoms with E-state index in [0.717, 1.165) is 38.8 Å². The van der Waals surface area contributed by atoms with Crippen LogP contribution in [-0.4, -0.2) is 73.1 Å². The summed E-state index contributed by atoms with van der Waals surface area (Å²) in [5.41, 5.74) is -0.236. The molecule has 150 valence electrons. The molecule has 0 radical (unpaired) electrons. The number of piperidine rings is 1. The number of amides is 2. The van der Waals surface area contributed by atoms with E-state index in [9.17, 15) is 14.7 Å². The van der Waals surface area contributed by atoms with Crippen LogP contribution >= 0.6 is 0 Å². The Morgan fingerprint density at radius 3 is 2.42 bits per heavy atom. The molecule has 26 heavy (non-hydrogen) atoms. The van der Waals surface area contributed by atoms with Gasteiger partial charge < -0.3 is 20.2 Å². The van der Waals surface area contributed by atoms with Gasteiger partial charge >= 0.3 is 0 Å². The molecular weight excluding hydrogens is 330 g/mol. The average molecular weight is 368 g/mol. The Morgan fingerprint density at radius 2 is 1.81 bits per heavy atom. The second kappa shape index (κ2) is 10.3. The zero-order chi connectivity index (χ0) is 19.0. The molecule has 6 nitrogen and oxygen atoms in total. The van der Waals surface area contributed by atoms with Gasteiger partial charge in [0.2, 0.25) is 11.8 Å². The number of carbonyl (C=O) groups is 2. The number of aliphatic hydroxyl groups excluding tert-OH is 1. The molecule has 0 bridgehead atoms. The number of carbonyl (C=O) groups excluding carboxylic acids is 2. The number of nitrogens with zero attached hydrogens (tertiary/aromatic N) is 2. The van der Waals surface area contributed by atoms with Gasteiger partial charge in [-0.3, -0.25) is 9.59 Å². The van der Waals surface area contributed by atoms with Crippen LogP contribution in [0.4, 0.5) is 0 Å². The van der Waals surface area contributed by atoms with E-state index in [4.69, 9.17) is 0 Å². The largest absolute Gasteiger partial charge is 0.396 e. The molecule has 1 unspecified atom stereocenters. The van der Waals surface area contributed by atoms with Gasteiger partial charge in [-0.05, 0) is 39.8 Å². The van der Waals surface area contributed by atoms with Crippen molar-refractivity contribution in [3.63, 3.8) is 0 Å². The van der Waals surface area contributed by atoms with Crippen LogP contribution in [0.15, 0.2) is 0 Å². The zero-order valence-electron chi connectivity index (χ0n) is 16.6. The highest BCUT2D eigenvalue weighted by atomic mass is 16.3. The lowest BCUT2D eigenvalue weighted by atomic mass is 9.80. The normalized spacial score (nSPS) is 25.2. The highest BCUT2D eigenvalue weighted by Crippen LogP contribution is 2.30. The zero-order valence-corrected chi connectivity index (χ0v) is 16.6. The van der Waals surface area contributed by atoms with Crippen LogP contribution in [0.2, 0.25) is 0 Å². The Morgan fingerprint density at radius 1 is 1.12 bits per heavy atom. The molecule has 1 saturated carbocycles. The molecule has 0 aromatic heterocycles. The van der Waals surface area contributed by atoms with Gasteiger partial charge in [-0.2, -0.15) is 0 Å². The summed E-state index contributed by atoms with van der Waals surface area (Å²) in [7, 11) is 3.99. The molecule has 1 aliphatic heterocycles. The van der Waals surface area contributed by atoms with Crippen molar-refractivity contribution in [2.75, 3.05) is 40.3 Å². The minimum absolute atomic E-state index is 0.00368. The van der Waals surface area contributed by atoms with Crippen molar-refractivity contribution in [2.45, 2.75) is 70.3 Å². The van der Waals surface area contributed by atoms with Crippen molar-refractivity contribution in [3.8, 4) is 0 Å². The molecule has 0 spiro atoms. The summed E-state index contributed by atoms with van der Waals surface area (Å²) in [5.74, 6) is 0.0428. The van der Waals surface area contributed by atoms with Crippen LogP contribution in [0.25, 0.3) is 0 Å². The number of likely N-dealkylation sites (tertiary alicyclic amines) is 1. The third-order valence-electron chi connectivity index (χ3n) is 5.79. The van der Waals surface area contributed by atoms with Crippen molar-refractivity contribution in [1.29, 1.82) is 0 Å². The molecule has 1 aliphatic carbocycles. The predicted molar refractivity (Wildman–Crippen MR) is 103 cm³/mol. The highest BCUT2D eigenvalue weighted by Gasteiger charge is 2.37. The van der Waals surface area contributed by atoms with Gasteiger partial charge in [-0.25, -0.2) is 0 Å². The molecule has 2 rings (SSSR count). The summed E-state index contributed by atoms with van der Waals surface area (Å²) in [6, 6.07) is 0.289. The first-order valence-corrected chi connectivity index (χ1v) is 10.3. The fourth-order valence-corrected chi connectivity index (χ4v) is 4.50. The Bertz CT molecular complexity index is 461. The summed E-state index contributed by atoms with van der Waals surface area (Å²) in [5, 5.41) is 13.0. The van der Waals surface area contributed by atoms with E-state index in [1.807, 2.05) is 19.0 Å². The van der Waals surface area contributed by atoms with Gasteiger partial charge in [-0.15, -0.1) is 0 Å². The van der Waals surface area contributed by atoms with E-state index < -0.39 is 0 Å². The predicted octanol–water partition coefficient (Wildman–Crippen LogP) is 1.77.